The highest BCUT2D eigenvalue weighted by molar-refractivity contribution is 5.88. The number of rotatable bonds is 3. The number of anilines is 2. The van der Waals surface area contributed by atoms with E-state index < -0.39 is 0 Å². The number of hydrogen-bond donors (Lipinski definition) is 2. The van der Waals surface area contributed by atoms with Crippen molar-refractivity contribution in [1.82, 2.24) is 4.98 Å². The molecule has 1 amide bonds. The van der Waals surface area contributed by atoms with Crippen LogP contribution in [0.2, 0.25) is 0 Å². The smallest absolute Gasteiger partial charge is 0.221 e. The summed E-state index contributed by atoms with van der Waals surface area (Å²) in [5.41, 5.74) is 1.76. The van der Waals surface area contributed by atoms with Crippen molar-refractivity contribution in [2.75, 3.05) is 17.2 Å². The number of nitrogens with one attached hydrogen (secondary N) is 2. The third-order valence-electron chi connectivity index (χ3n) is 1.74. The van der Waals surface area contributed by atoms with Crippen molar-refractivity contribution in [3.05, 3.63) is 17.8 Å². The SMILES string of the molecule is CCNc1ncc(NC(C)=O)cc1C. The second kappa shape index (κ2) is 4.60. The van der Waals surface area contributed by atoms with E-state index in [0.717, 1.165) is 23.6 Å². The van der Waals surface area contributed by atoms with Gasteiger partial charge in [-0.25, -0.2) is 4.98 Å². The normalized spacial score (nSPS) is 9.64. The van der Waals surface area contributed by atoms with Crippen LogP contribution in [0, 0.1) is 6.92 Å². The Morgan fingerprint density at radius 1 is 1.57 bits per heavy atom. The molecule has 0 unspecified atom stereocenters. The zero-order valence-corrected chi connectivity index (χ0v) is 8.72. The van der Waals surface area contributed by atoms with Crippen molar-refractivity contribution in [2.24, 2.45) is 0 Å². The van der Waals surface area contributed by atoms with Crippen molar-refractivity contribution in [3.8, 4) is 0 Å². The minimum atomic E-state index is -0.0811. The Hall–Kier alpha value is -1.58. The number of amides is 1. The molecule has 4 nitrogen and oxygen atoms in total. The van der Waals surface area contributed by atoms with E-state index in [2.05, 4.69) is 15.6 Å². The highest BCUT2D eigenvalue weighted by atomic mass is 16.1. The zero-order valence-electron chi connectivity index (χ0n) is 8.72. The van der Waals surface area contributed by atoms with Gasteiger partial charge in [-0.3, -0.25) is 4.79 Å². The first-order chi connectivity index (χ1) is 6.63. The Kier molecular flexibility index (Phi) is 3.45. The lowest BCUT2D eigenvalue weighted by Gasteiger charge is -2.08. The van der Waals surface area contributed by atoms with Crippen molar-refractivity contribution in [2.45, 2.75) is 20.8 Å². The fourth-order valence-electron chi connectivity index (χ4n) is 1.20. The predicted octanol–water partition coefficient (Wildman–Crippen LogP) is 1.78. The summed E-state index contributed by atoms with van der Waals surface area (Å²) in [6.45, 7) is 6.29. The number of pyridine rings is 1. The number of aryl methyl sites for hydroxylation is 1. The molecule has 1 rings (SSSR count). The standard InChI is InChI=1S/C10H15N3O/c1-4-11-10-7(2)5-9(6-12-10)13-8(3)14/h5-6H,4H2,1-3H3,(H,11,12)(H,13,14). The molecule has 4 heteroatoms. The summed E-state index contributed by atoms with van der Waals surface area (Å²) < 4.78 is 0. The van der Waals surface area contributed by atoms with Crippen molar-refractivity contribution >= 4 is 17.4 Å². The molecule has 0 fully saturated rings. The lowest BCUT2D eigenvalue weighted by Crippen LogP contribution is -2.07. The van der Waals surface area contributed by atoms with Crippen molar-refractivity contribution in [3.63, 3.8) is 0 Å². The molecule has 1 aromatic heterocycles. The Labute approximate surface area is 83.7 Å². The van der Waals surface area contributed by atoms with Gasteiger partial charge in [0.25, 0.3) is 0 Å². The van der Waals surface area contributed by atoms with Crippen LogP contribution in [0.3, 0.4) is 0 Å². The third-order valence-corrected chi connectivity index (χ3v) is 1.74. The fourth-order valence-corrected chi connectivity index (χ4v) is 1.20. The first-order valence-electron chi connectivity index (χ1n) is 4.61. The van der Waals surface area contributed by atoms with Gasteiger partial charge in [-0.2, -0.15) is 0 Å². The zero-order chi connectivity index (χ0) is 10.6. The second-order valence-corrected chi connectivity index (χ2v) is 3.10. The molecule has 76 valence electrons. The Balaban J connectivity index is 2.83. The van der Waals surface area contributed by atoms with E-state index in [4.69, 9.17) is 0 Å². The van der Waals surface area contributed by atoms with Crippen LogP contribution >= 0.6 is 0 Å². The highest BCUT2D eigenvalue weighted by Gasteiger charge is 2.01. The maximum Gasteiger partial charge on any atom is 0.221 e. The quantitative estimate of drug-likeness (QED) is 0.769. The van der Waals surface area contributed by atoms with Gasteiger partial charge in [-0.05, 0) is 25.5 Å². The molecule has 1 heterocycles. The summed E-state index contributed by atoms with van der Waals surface area (Å²) in [4.78, 5) is 15.0. The number of carbonyl (C=O) groups excluding carboxylic acids is 1. The van der Waals surface area contributed by atoms with Crippen LogP contribution in [0.4, 0.5) is 11.5 Å². The lowest BCUT2D eigenvalue weighted by atomic mass is 10.2. The lowest BCUT2D eigenvalue weighted by molar-refractivity contribution is -0.114. The molecule has 0 aromatic carbocycles. The molecule has 0 radical (unpaired) electrons. The maximum atomic E-state index is 10.8. The van der Waals surface area contributed by atoms with Crippen molar-refractivity contribution < 1.29 is 4.79 Å². The van der Waals surface area contributed by atoms with Crippen LogP contribution in [0.1, 0.15) is 19.4 Å². The van der Waals surface area contributed by atoms with Crippen LogP contribution in [0.25, 0.3) is 0 Å². The van der Waals surface area contributed by atoms with E-state index in [9.17, 15) is 4.79 Å². The number of hydrogen-bond acceptors (Lipinski definition) is 3. The molecule has 1 aromatic rings. The van der Waals surface area contributed by atoms with Gasteiger partial charge < -0.3 is 10.6 Å². The molecule has 0 bridgehead atoms. The Morgan fingerprint density at radius 2 is 2.29 bits per heavy atom. The van der Waals surface area contributed by atoms with Crippen LogP contribution < -0.4 is 10.6 Å². The average molecular weight is 193 g/mol. The average Bonchev–Trinajstić information content (AvgIpc) is 2.09. The molecule has 0 saturated heterocycles. The van der Waals surface area contributed by atoms with E-state index in [1.54, 1.807) is 6.20 Å². The molecule has 14 heavy (non-hydrogen) atoms. The van der Waals surface area contributed by atoms with Crippen molar-refractivity contribution in [1.29, 1.82) is 0 Å². The molecule has 0 saturated carbocycles. The van der Waals surface area contributed by atoms with Gasteiger partial charge in [-0.15, -0.1) is 0 Å². The summed E-state index contributed by atoms with van der Waals surface area (Å²) >= 11 is 0. The van der Waals surface area contributed by atoms with Gasteiger partial charge in [0.05, 0.1) is 11.9 Å². The van der Waals surface area contributed by atoms with Gasteiger partial charge in [-0.1, -0.05) is 0 Å². The molecule has 0 aliphatic carbocycles. The molecule has 2 N–H and O–H groups in total. The second-order valence-electron chi connectivity index (χ2n) is 3.10. The predicted molar refractivity (Wildman–Crippen MR) is 57.4 cm³/mol. The van der Waals surface area contributed by atoms with Gasteiger partial charge in [0.1, 0.15) is 5.82 Å². The number of carbonyl (C=O) groups is 1. The van der Waals surface area contributed by atoms with Gasteiger partial charge in [0.15, 0.2) is 0 Å². The molecule has 0 spiro atoms. The first-order valence-corrected chi connectivity index (χ1v) is 4.61. The fraction of sp³-hybridized carbons (Fsp3) is 0.400. The minimum Gasteiger partial charge on any atom is -0.370 e. The Morgan fingerprint density at radius 3 is 2.79 bits per heavy atom. The summed E-state index contributed by atoms with van der Waals surface area (Å²) in [6.07, 6.45) is 1.65. The molecule has 0 atom stereocenters. The van der Waals surface area contributed by atoms with Gasteiger partial charge >= 0.3 is 0 Å². The molecular formula is C10H15N3O. The van der Waals surface area contributed by atoms with E-state index in [0.29, 0.717) is 0 Å². The molecule has 0 aliphatic heterocycles. The maximum absolute atomic E-state index is 10.8. The first kappa shape index (κ1) is 10.5. The topological polar surface area (TPSA) is 54.0 Å². The van der Waals surface area contributed by atoms with Crippen LogP contribution in [-0.4, -0.2) is 17.4 Å². The monoisotopic (exact) mass is 193 g/mol. The highest BCUT2D eigenvalue weighted by Crippen LogP contribution is 2.15. The molecular weight excluding hydrogens is 178 g/mol. The van der Waals surface area contributed by atoms with E-state index >= 15 is 0 Å². The van der Waals surface area contributed by atoms with Crippen LogP contribution in [-0.2, 0) is 4.79 Å². The van der Waals surface area contributed by atoms with E-state index in [-0.39, 0.29) is 5.91 Å². The molecule has 0 aliphatic rings. The largest absolute Gasteiger partial charge is 0.370 e. The summed E-state index contributed by atoms with van der Waals surface area (Å²) in [5.74, 6) is 0.781. The summed E-state index contributed by atoms with van der Waals surface area (Å²) in [5, 5.41) is 5.82. The Bertz CT molecular complexity index is 336. The van der Waals surface area contributed by atoms with Gasteiger partial charge in [0.2, 0.25) is 5.91 Å². The van der Waals surface area contributed by atoms with E-state index in [1.807, 2.05) is 19.9 Å². The van der Waals surface area contributed by atoms with Gasteiger partial charge in [0, 0.05) is 13.5 Å². The third kappa shape index (κ3) is 2.73. The summed E-state index contributed by atoms with van der Waals surface area (Å²) in [7, 11) is 0. The minimum absolute atomic E-state index is 0.0811. The summed E-state index contributed by atoms with van der Waals surface area (Å²) in [6, 6.07) is 1.90. The van der Waals surface area contributed by atoms with E-state index in [1.165, 1.54) is 6.92 Å². The van der Waals surface area contributed by atoms with Crippen LogP contribution in [0.5, 0.6) is 0 Å². The number of aromatic nitrogens is 1. The van der Waals surface area contributed by atoms with Crippen LogP contribution in [0.15, 0.2) is 12.3 Å². The number of nitrogens with zero attached hydrogens (tertiary/aromatic N) is 1.